The summed E-state index contributed by atoms with van der Waals surface area (Å²) < 4.78 is 5.17. The van der Waals surface area contributed by atoms with E-state index in [-0.39, 0.29) is 18.6 Å². The second-order valence-electron chi connectivity index (χ2n) is 4.29. The molecule has 0 bridgehead atoms. The van der Waals surface area contributed by atoms with E-state index in [4.69, 9.17) is 9.84 Å². The van der Waals surface area contributed by atoms with Gasteiger partial charge in [-0.05, 0) is 40.7 Å². The van der Waals surface area contributed by atoms with Crippen LogP contribution in [0.3, 0.4) is 0 Å². The van der Waals surface area contributed by atoms with Crippen molar-refractivity contribution >= 4 is 5.97 Å². The molecule has 0 aromatic carbocycles. The van der Waals surface area contributed by atoms with E-state index in [0.717, 1.165) is 0 Å². The van der Waals surface area contributed by atoms with Gasteiger partial charge < -0.3 is 15.2 Å². The number of rotatable bonds is 5. The summed E-state index contributed by atoms with van der Waals surface area (Å²) in [5.41, 5.74) is -0.440. The molecule has 0 spiro atoms. The van der Waals surface area contributed by atoms with Crippen molar-refractivity contribution in [2.45, 2.75) is 45.8 Å². The SMILES string of the molecule is C[C@@H](NCCCO)C(=O)OC(C)(C)C. The van der Waals surface area contributed by atoms with Crippen LogP contribution in [0.1, 0.15) is 34.1 Å². The first-order valence-corrected chi connectivity index (χ1v) is 4.94. The van der Waals surface area contributed by atoms with E-state index < -0.39 is 5.60 Å². The van der Waals surface area contributed by atoms with E-state index in [0.29, 0.717) is 13.0 Å². The first kappa shape index (κ1) is 13.4. The maximum absolute atomic E-state index is 11.4. The number of aliphatic hydroxyl groups excluding tert-OH is 1. The van der Waals surface area contributed by atoms with Gasteiger partial charge in [0, 0.05) is 6.61 Å². The molecular formula is C10H21NO3. The van der Waals surface area contributed by atoms with E-state index in [2.05, 4.69) is 5.32 Å². The third-order valence-electron chi connectivity index (χ3n) is 1.55. The number of hydrogen-bond donors (Lipinski definition) is 2. The summed E-state index contributed by atoms with van der Waals surface area (Å²) in [5, 5.41) is 11.5. The number of carbonyl (C=O) groups excluding carboxylic acids is 1. The molecule has 0 aliphatic heterocycles. The molecule has 0 saturated heterocycles. The Labute approximate surface area is 85.6 Å². The van der Waals surface area contributed by atoms with Gasteiger partial charge in [0.05, 0.1) is 0 Å². The summed E-state index contributed by atoms with van der Waals surface area (Å²) in [7, 11) is 0. The average Bonchev–Trinajstić information content (AvgIpc) is 2.01. The van der Waals surface area contributed by atoms with Crippen LogP contribution in [0.4, 0.5) is 0 Å². The van der Waals surface area contributed by atoms with Crippen LogP contribution in [-0.2, 0) is 9.53 Å². The van der Waals surface area contributed by atoms with Crippen LogP contribution in [0.15, 0.2) is 0 Å². The molecule has 0 aliphatic rings. The predicted octanol–water partition coefficient (Wildman–Crippen LogP) is 0.689. The summed E-state index contributed by atoms with van der Waals surface area (Å²) in [6, 6.07) is -0.319. The van der Waals surface area contributed by atoms with Gasteiger partial charge in [-0.2, -0.15) is 0 Å². The minimum absolute atomic E-state index is 0.133. The normalized spacial score (nSPS) is 13.8. The number of esters is 1. The second kappa shape index (κ2) is 5.98. The van der Waals surface area contributed by atoms with Crippen LogP contribution >= 0.6 is 0 Å². The van der Waals surface area contributed by atoms with Gasteiger partial charge in [-0.3, -0.25) is 4.79 Å². The van der Waals surface area contributed by atoms with Crippen molar-refractivity contribution in [3.05, 3.63) is 0 Å². The molecule has 0 aromatic rings. The molecule has 84 valence electrons. The van der Waals surface area contributed by atoms with E-state index >= 15 is 0 Å². The zero-order valence-corrected chi connectivity index (χ0v) is 9.46. The van der Waals surface area contributed by atoms with Gasteiger partial charge >= 0.3 is 5.97 Å². The molecule has 0 fully saturated rings. The fourth-order valence-electron chi connectivity index (χ4n) is 0.871. The molecule has 0 rings (SSSR count). The highest BCUT2D eigenvalue weighted by molar-refractivity contribution is 5.75. The van der Waals surface area contributed by atoms with Crippen molar-refractivity contribution in [3.63, 3.8) is 0 Å². The minimum Gasteiger partial charge on any atom is -0.459 e. The lowest BCUT2D eigenvalue weighted by Gasteiger charge is -2.22. The molecule has 0 aliphatic carbocycles. The molecular weight excluding hydrogens is 182 g/mol. The third-order valence-corrected chi connectivity index (χ3v) is 1.55. The smallest absolute Gasteiger partial charge is 0.323 e. The standard InChI is InChI=1S/C10H21NO3/c1-8(11-6-5-7-12)9(13)14-10(2,3)4/h8,11-12H,5-7H2,1-4H3/t8-/m1/s1. The molecule has 0 aromatic heterocycles. The van der Waals surface area contributed by atoms with E-state index in [1.165, 1.54) is 0 Å². The number of nitrogens with one attached hydrogen (secondary N) is 1. The van der Waals surface area contributed by atoms with Gasteiger partial charge in [0.15, 0.2) is 0 Å². The average molecular weight is 203 g/mol. The van der Waals surface area contributed by atoms with Crippen molar-refractivity contribution in [2.24, 2.45) is 0 Å². The Bertz CT molecular complexity index is 175. The van der Waals surface area contributed by atoms with E-state index in [1.54, 1.807) is 6.92 Å². The lowest BCUT2D eigenvalue weighted by atomic mass is 10.2. The number of ether oxygens (including phenoxy) is 1. The van der Waals surface area contributed by atoms with Crippen LogP contribution in [0.2, 0.25) is 0 Å². The van der Waals surface area contributed by atoms with E-state index in [9.17, 15) is 4.79 Å². The molecule has 0 unspecified atom stereocenters. The van der Waals surface area contributed by atoms with Crippen molar-refractivity contribution in [2.75, 3.05) is 13.2 Å². The van der Waals surface area contributed by atoms with Gasteiger partial charge in [0.2, 0.25) is 0 Å². The van der Waals surface area contributed by atoms with Gasteiger partial charge in [-0.15, -0.1) is 0 Å². The number of hydrogen-bond acceptors (Lipinski definition) is 4. The summed E-state index contributed by atoms with van der Waals surface area (Å²) in [6.45, 7) is 8.03. The lowest BCUT2D eigenvalue weighted by molar-refractivity contribution is -0.156. The molecule has 0 radical (unpaired) electrons. The largest absolute Gasteiger partial charge is 0.459 e. The maximum Gasteiger partial charge on any atom is 0.323 e. The molecule has 1 atom stereocenters. The van der Waals surface area contributed by atoms with Gasteiger partial charge in [0.25, 0.3) is 0 Å². The van der Waals surface area contributed by atoms with Gasteiger partial charge in [-0.1, -0.05) is 0 Å². The monoisotopic (exact) mass is 203 g/mol. The minimum atomic E-state index is -0.440. The molecule has 2 N–H and O–H groups in total. The first-order valence-electron chi connectivity index (χ1n) is 4.94. The van der Waals surface area contributed by atoms with Crippen LogP contribution in [-0.4, -0.2) is 35.9 Å². The van der Waals surface area contributed by atoms with Crippen LogP contribution in [0, 0.1) is 0 Å². The molecule has 0 saturated carbocycles. The van der Waals surface area contributed by atoms with Crippen LogP contribution in [0.25, 0.3) is 0 Å². The number of aliphatic hydroxyl groups is 1. The summed E-state index contributed by atoms with van der Waals surface area (Å²) in [4.78, 5) is 11.4. The predicted molar refractivity (Wildman–Crippen MR) is 55.0 cm³/mol. The molecule has 14 heavy (non-hydrogen) atoms. The highest BCUT2D eigenvalue weighted by Crippen LogP contribution is 2.08. The first-order chi connectivity index (χ1) is 6.37. The Morgan fingerprint density at radius 3 is 2.50 bits per heavy atom. The van der Waals surface area contributed by atoms with Crippen molar-refractivity contribution in [3.8, 4) is 0 Å². The molecule has 0 heterocycles. The Morgan fingerprint density at radius 1 is 1.50 bits per heavy atom. The number of carbonyl (C=O) groups is 1. The zero-order chi connectivity index (χ0) is 11.2. The maximum atomic E-state index is 11.4. The Kier molecular flexibility index (Phi) is 5.72. The topological polar surface area (TPSA) is 58.6 Å². The highest BCUT2D eigenvalue weighted by Gasteiger charge is 2.20. The molecule has 4 nitrogen and oxygen atoms in total. The zero-order valence-electron chi connectivity index (χ0n) is 9.46. The Hall–Kier alpha value is -0.610. The summed E-state index contributed by atoms with van der Waals surface area (Å²) in [5.74, 6) is -0.254. The van der Waals surface area contributed by atoms with Crippen molar-refractivity contribution < 1.29 is 14.6 Å². The summed E-state index contributed by atoms with van der Waals surface area (Å²) >= 11 is 0. The third kappa shape index (κ3) is 6.86. The molecule has 4 heteroatoms. The van der Waals surface area contributed by atoms with Crippen LogP contribution < -0.4 is 5.32 Å². The summed E-state index contributed by atoms with van der Waals surface area (Å²) in [6.07, 6.45) is 0.646. The quantitative estimate of drug-likeness (QED) is 0.510. The fraction of sp³-hybridized carbons (Fsp3) is 0.900. The van der Waals surface area contributed by atoms with E-state index in [1.807, 2.05) is 20.8 Å². The van der Waals surface area contributed by atoms with Crippen molar-refractivity contribution in [1.82, 2.24) is 5.32 Å². The lowest BCUT2D eigenvalue weighted by Crippen LogP contribution is -2.39. The molecule has 0 amide bonds. The Balaban J connectivity index is 3.77. The fourth-order valence-corrected chi connectivity index (χ4v) is 0.871. The second-order valence-corrected chi connectivity index (χ2v) is 4.29. The Morgan fingerprint density at radius 2 is 2.07 bits per heavy atom. The van der Waals surface area contributed by atoms with Gasteiger partial charge in [-0.25, -0.2) is 0 Å². The van der Waals surface area contributed by atoms with Gasteiger partial charge in [0.1, 0.15) is 11.6 Å². The van der Waals surface area contributed by atoms with Crippen molar-refractivity contribution in [1.29, 1.82) is 0 Å². The van der Waals surface area contributed by atoms with Crippen LogP contribution in [0.5, 0.6) is 0 Å². The highest BCUT2D eigenvalue weighted by atomic mass is 16.6.